The lowest BCUT2D eigenvalue weighted by Gasteiger charge is -2.16. The predicted molar refractivity (Wildman–Crippen MR) is 92.5 cm³/mol. The van der Waals surface area contributed by atoms with Gasteiger partial charge in [-0.25, -0.2) is 0 Å². The van der Waals surface area contributed by atoms with E-state index in [1.54, 1.807) is 26.2 Å². The van der Waals surface area contributed by atoms with Gasteiger partial charge in [-0.3, -0.25) is 4.79 Å². The number of hydrogen-bond donors (Lipinski definition) is 1. The van der Waals surface area contributed by atoms with E-state index in [0.29, 0.717) is 23.2 Å². The summed E-state index contributed by atoms with van der Waals surface area (Å²) in [4.78, 5) is 17.4. The molecule has 0 unspecified atom stereocenters. The zero-order valence-electron chi connectivity index (χ0n) is 13.8. The van der Waals surface area contributed by atoms with Gasteiger partial charge in [0.25, 0.3) is 5.91 Å². The van der Waals surface area contributed by atoms with Gasteiger partial charge in [0.1, 0.15) is 0 Å². The fourth-order valence-electron chi connectivity index (χ4n) is 2.10. The van der Waals surface area contributed by atoms with Crippen molar-refractivity contribution in [3.05, 3.63) is 47.7 Å². The number of thiophene rings is 1. The molecule has 25 heavy (non-hydrogen) atoms. The van der Waals surface area contributed by atoms with Gasteiger partial charge in [0.15, 0.2) is 17.6 Å². The molecule has 0 spiro atoms. The van der Waals surface area contributed by atoms with Crippen LogP contribution in [0.15, 0.2) is 46.3 Å². The van der Waals surface area contributed by atoms with E-state index in [0.717, 1.165) is 4.88 Å². The zero-order valence-corrected chi connectivity index (χ0v) is 14.6. The molecular formula is C17H17N3O4S. The summed E-state index contributed by atoms with van der Waals surface area (Å²) in [5.74, 6) is 1.63. The number of carbonyl (C=O) groups is 1. The fraction of sp³-hybridized carbons (Fsp3) is 0.235. The Hall–Kier alpha value is -2.87. The molecule has 1 aromatic carbocycles. The van der Waals surface area contributed by atoms with Gasteiger partial charge >= 0.3 is 0 Å². The molecule has 2 heterocycles. The van der Waals surface area contributed by atoms with Crippen molar-refractivity contribution in [2.45, 2.75) is 19.6 Å². The Morgan fingerprint density at radius 2 is 2.08 bits per heavy atom. The highest BCUT2D eigenvalue weighted by Gasteiger charge is 2.18. The first-order valence-corrected chi connectivity index (χ1v) is 8.49. The SMILES string of the molecule is COc1ccccc1O[C@H](C)C(=O)NCc1nc(-c2cccs2)no1. The van der Waals surface area contributed by atoms with Crippen LogP contribution in [0.2, 0.25) is 0 Å². The Kier molecular flexibility index (Phi) is 5.30. The van der Waals surface area contributed by atoms with E-state index >= 15 is 0 Å². The highest BCUT2D eigenvalue weighted by Crippen LogP contribution is 2.26. The average molecular weight is 359 g/mol. The summed E-state index contributed by atoms with van der Waals surface area (Å²) in [5, 5.41) is 8.55. The second kappa shape index (κ2) is 7.80. The van der Waals surface area contributed by atoms with Crippen molar-refractivity contribution in [1.29, 1.82) is 0 Å². The summed E-state index contributed by atoms with van der Waals surface area (Å²) in [6, 6.07) is 11.0. The molecule has 0 aliphatic carbocycles. The maximum absolute atomic E-state index is 12.2. The number of hydrogen-bond acceptors (Lipinski definition) is 7. The summed E-state index contributed by atoms with van der Waals surface area (Å²) in [6.45, 7) is 1.80. The molecule has 1 amide bonds. The highest BCUT2D eigenvalue weighted by atomic mass is 32.1. The van der Waals surface area contributed by atoms with Crippen molar-refractivity contribution >= 4 is 17.2 Å². The lowest BCUT2D eigenvalue weighted by Crippen LogP contribution is -2.36. The van der Waals surface area contributed by atoms with Gasteiger partial charge in [0.2, 0.25) is 11.7 Å². The van der Waals surface area contributed by atoms with Gasteiger partial charge in [0.05, 0.1) is 18.5 Å². The summed E-state index contributed by atoms with van der Waals surface area (Å²) >= 11 is 1.52. The molecule has 1 atom stereocenters. The minimum atomic E-state index is -0.698. The highest BCUT2D eigenvalue weighted by molar-refractivity contribution is 7.13. The zero-order chi connectivity index (χ0) is 17.6. The Morgan fingerprint density at radius 3 is 2.80 bits per heavy atom. The Morgan fingerprint density at radius 1 is 1.28 bits per heavy atom. The minimum absolute atomic E-state index is 0.136. The number of aromatic nitrogens is 2. The number of nitrogens with zero attached hydrogens (tertiary/aromatic N) is 2. The van der Waals surface area contributed by atoms with Crippen LogP contribution in [0, 0.1) is 0 Å². The number of carbonyl (C=O) groups excluding carboxylic acids is 1. The van der Waals surface area contributed by atoms with Crippen LogP contribution in [0.25, 0.3) is 10.7 Å². The molecule has 3 aromatic rings. The van der Waals surface area contributed by atoms with Crippen molar-refractivity contribution < 1.29 is 18.8 Å². The Labute approximate surface area is 148 Å². The van der Waals surface area contributed by atoms with E-state index in [1.165, 1.54) is 11.3 Å². The van der Waals surface area contributed by atoms with Gasteiger partial charge in [-0.05, 0) is 30.5 Å². The van der Waals surface area contributed by atoms with Gasteiger partial charge in [-0.15, -0.1) is 11.3 Å². The maximum Gasteiger partial charge on any atom is 0.261 e. The molecule has 1 N–H and O–H groups in total. The smallest absolute Gasteiger partial charge is 0.261 e. The van der Waals surface area contributed by atoms with E-state index in [1.807, 2.05) is 29.6 Å². The van der Waals surface area contributed by atoms with E-state index in [-0.39, 0.29) is 12.5 Å². The molecule has 0 bridgehead atoms. The molecular weight excluding hydrogens is 342 g/mol. The lowest BCUT2D eigenvalue weighted by molar-refractivity contribution is -0.127. The molecule has 3 rings (SSSR count). The van der Waals surface area contributed by atoms with E-state index in [4.69, 9.17) is 14.0 Å². The molecule has 8 heteroatoms. The number of ether oxygens (including phenoxy) is 2. The average Bonchev–Trinajstić information content (AvgIpc) is 3.31. The number of para-hydroxylation sites is 2. The number of nitrogens with one attached hydrogen (secondary N) is 1. The lowest BCUT2D eigenvalue weighted by atomic mass is 10.3. The van der Waals surface area contributed by atoms with Crippen molar-refractivity contribution in [1.82, 2.24) is 15.5 Å². The van der Waals surface area contributed by atoms with Crippen molar-refractivity contribution in [2.75, 3.05) is 7.11 Å². The first kappa shape index (κ1) is 17.0. The van der Waals surface area contributed by atoms with Crippen LogP contribution in [-0.2, 0) is 11.3 Å². The maximum atomic E-state index is 12.2. The van der Waals surface area contributed by atoms with Crippen LogP contribution in [-0.4, -0.2) is 29.3 Å². The van der Waals surface area contributed by atoms with Crippen LogP contribution < -0.4 is 14.8 Å². The van der Waals surface area contributed by atoms with E-state index in [9.17, 15) is 4.79 Å². The topological polar surface area (TPSA) is 86.5 Å². The number of benzene rings is 1. The summed E-state index contributed by atoms with van der Waals surface area (Å²) in [6.07, 6.45) is -0.698. The Bertz CT molecular complexity index is 832. The summed E-state index contributed by atoms with van der Waals surface area (Å²) in [5.41, 5.74) is 0. The molecule has 0 aliphatic rings. The van der Waals surface area contributed by atoms with Crippen LogP contribution in [0.3, 0.4) is 0 Å². The van der Waals surface area contributed by atoms with Crippen LogP contribution in [0.1, 0.15) is 12.8 Å². The van der Waals surface area contributed by atoms with Crippen LogP contribution >= 0.6 is 11.3 Å². The number of rotatable bonds is 7. The third kappa shape index (κ3) is 4.16. The largest absolute Gasteiger partial charge is 0.493 e. The quantitative estimate of drug-likeness (QED) is 0.698. The summed E-state index contributed by atoms with van der Waals surface area (Å²) < 4.78 is 16.0. The van der Waals surface area contributed by atoms with Crippen molar-refractivity contribution in [3.63, 3.8) is 0 Å². The molecule has 0 saturated carbocycles. The second-order valence-corrected chi connectivity index (χ2v) is 6.07. The third-order valence-electron chi connectivity index (χ3n) is 3.37. The van der Waals surface area contributed by atoms with Crippen LogP contribution in [0.4, 0.5) is 0 Å². The number of methoxy groups -OCH3 is 1. The normalized spacial score (nSPS) is 11.8. The predicted octanol–water partition coefficient (Wildman–Crippen LogP) is 2.89. The first-order chi connectivity index (χ1) is 12.2. The molecule has 0 fully saturated rings. The monoisotopic (exact) mass is 359 g/mol. The second-order valence-electron chi connectivity index (χ2n) is 5.12. The van der Waals surface area contributed by atoms with Crippen molar-refractivity contribution in [3.8, 4) is 22.2 Å². The van der Waals surface area contributed by atoms with Gasteiger partial charge in [-0.1, -0.05) is 23.4 Å². The fourth-order valence-corrected chi connectivity index (χ4v) is 2.75. The molecule has 7 nitrogen and oxygen atoms in total. The Balaban J connectivity index is 1.55. The van der Waals surface area contributed by atoms with Gasteiger partial charge in [0, 0.05) is 0 Å². The van der Waals surface area contributed by atoms with Gasteiger partial charge in [-0.2, -0.15) is 4.98 Å². The number of amides is 1. The third-order valence-corrected chi connectivity index (χ3v) is 4.23. The van der Waals surface area contributed by atoms with E-state index < -0.39 is 6.10 Å². The molecule has 0 radical (unpaired) electrons. The molecule has 130 valence electrons. The molecule has 0 saturated heterocycles. The van der Waals surface area contributed by atoms with Crippen molar-refractivity contribution in [2.24, 2.45) is 0 Å². The molecule has 0 aliphatic heterocycles. The summed E-state index contributed by atoms with van der Waals surface area (Å²) in [7, 11) is 1.55. The van der Waals surface area contributed by atoms with Gasteiger partial charge < -0.3 is 19.3 Å². The standard InChI is InChI=1S/C17H17N3O4S/c1-11(23-13-7-4-3-6-12(13)22-2)17(21)18-10-15-19-16(20-24-15)14-8-5-9-25-14/h3-9,11H,10H2,1-2H3,(H,18,21)/t11-/m1/s1. The van der Waals surface area contributed by atoms with Crippen LogP contribution in [0.5, 0.6) is 11.5 Å². The molecule has 2 aromatic heterocycles. The van der Waals surface area contributed by atoms with E-state index in [2.05, 4.69) is 15.5 Å². The minimum Gasteiger partial charge on any atom is -0.493 e. The first-order valence-electron chi connectivity index (χ1n) is 7.61.